The zero-order valence-electron chi connectivity index (χ0n) is 10.1. The zero-order chi connectivity index (χ0) is 12.5. The van der Waals surface area contributed by atoms with Gasteiger partial charge in [-0.05, 0) is 19.5 Å². The average Bonchev–Trinajstić information content (AvgIpc) is 3.04. The summed E-state index contributed by atoms with van der Waals surface area (Å²) in [6.07, 6.45) is -3.29. The third-order valence-corrected chi connectivity index (χ3v) is 3.62. The van der Waals surface area contributed by atoms with E-state index in [1.54, 1.807) is 4.90 Å². The van der Waals surface area contributed by atoms with Crippen LogP contribution in [0.5, 0.6) is 0 Å². The second-order valence-electron chi connectivity index (χ2n) is 4.82. The Labute approximate surface area is 99.9 Å². The Morgan fingerprint density at radius 1 is 1.24 bits per heavy atom. The maximum atomic E-state index is 13.0. The number of nitrogens with one attached hydrogen (secondary N) is 1. The molecule has 0 bridgehead atoms. The summed E-state index contributed by atoms with van der Waals surface area (Å²) in [4.78, 5) is 3.83. The Balaban J connectivity index is 1.99. The normalized spacial score (nSPS) is 30.0. The van der Waals surface area contributed by atoms with E-state index in [0.29, 0.717) is 19.6 Å². The largest absolute Gasteiger partial charge is 0.405 e. The lowest BCUT2D eigenvalue weighted by molar-refractivity contribution is -0.183. The van der Waals surface area contributed by atoms with Crippen molar-refractivity contribution in [3.05, 3.63) is 0 Å². The van der Waals surface area contributed by atoms with Gasteiger partial charge in [0.1, 0.15) is 6.04 Å². The van der Waals surface area contributed by atoms with Crippen LogP contribution >= 0.6 is 0 Å². The van der Waals surface area contributed by atoms with Gasteiger partial charge in [-0.25, -0.2) is 0 Å². The minimum Gasteiger partial charge on any atom is -0.309 e. The van der Waals surface area contributed by atoms with Crippen LogP contribution in [0.25, 0.3) is 0 Å². The summed E-state index contributed by atoms with van der Waals surface area (Å²) in [5.74, 6) is 0. The molecular formula is C11H20F3N3. The van der Waals surface area contributed by atoms with Crippen molar-refractivity contribution < 1.29 is 13.2 Å². The van der Waals surface area contributed by atoms with Gasteiger partial charge in [0, 0.05) is 32.2 Å². The van der Waals surface area contributed by atoms with Gasteiger partial charge in [-0.2, -0.15) is 13.2 Å². The second kappa shape index (κ2) is 5.12. The number of hydrogen-bond donors (Lipinski definition) is 1. The van der Waals surface area contributed by atoms with Crippen molar-refractivity contribution in [2.75, 3.05) is 39.3 Å². The summed E-state index contributed by atoms with van der Waals surface area (Å²) in [6, 6.07) is -1.68. The molecule has 2 atom stereocenters. The molecule has 100 valence electrons. The first-order valence-electron chi connectivity index (χ1n) is 6.29. The minimum atomic E-state index is -4.12. The fraction of sp³-hybridized carbons (Fsp3) is 1.00. The lowest BCUT2D eigenvalue weighted by atomic mass is 10.1. The molecule has 6 heteroatoms. The van der Waals surface area contributed by atoms with Crippen molar-refractivity contribution in [3.63, 3.8) is 0 Å². The van der Waals surface area contributed by atoms with Gasteiger partial charge in [0.05, 0.1) is 0 Å². The number of halogens is 3. The van der Waals surface area contributed by atoms with Crippen molar-refractivity contribution in [1.29, 1.82) is 0 Å². The molecular weight excluding hydrogens is 231 g/mol. The molecule has 3 nitrogen and oxygen atoms in total. The molecule has 2 unspecified atom stereocenters. The molecule has 2 aliphatic rings. The van der Waals surface area contributed by atoms with Gasteiger partial charge in [0.15, 0.2) is 0 Å². The van der Waals surface area contributed by atoms with Crippen LogP contribution in [0.2, 0.25) is 0 Å². The molecule has 2 aliphatic heterocycles. The molecule has 0 amide bonds. The van der Waals surface area contributed by atoms with E-state index in [0.717, 1.165) is 26.1 Å². The molecule has 1 N–H and O–H groups in total. The van der Waals surface area contributed by atoms with Gasteiger partial charge in [0.2, 0.25) is 0 Å². The van der Waals surface area contributed by atoms with Crippen LogP contribution in [-0.4, -0.2) is 67.3 Å². The SMILES string of the molecule is CCN1CCCN(C(C2CN2)C(F)(F)F)CC1. The molecule has 0 aromatic carbocycles. The van der Waals surface area contributed by atoms with Crippen molar-refractivity contribution in [3.8, 4) is 0 Å². The monoisotopic (exact) mass is 251 g/mol. The van der Waals surface area contributed by atoms with E-state index in [2.05, 4.69) is 17.1 Å². The van der Waals surface area contributed by atoms with Gasteiger partial charge in [-0.15, -0.1) is 0 Å². The summed E-state index contributed by atoms with van der Waals surface area (Å²) >= 11 is 0. The molecule has 2 fully saturated rings. The highest BCUT2D eigenvalue weighted by atomic mass is 19.4. The van der Waals surface area contributed by atoms with E-state index in [-0.39, 0.29) is 6.04 Å². The first-order valence-corrected chi connectivity index (χ1v) is 6.29. The smallest absolute Gasteiger partial charge is 0.309 e. The zero-order valence-corrected chi connectivity index (χ0v) is 10.1. The summed E-state index contributed by atoms with van der Waals surface area (Å²) in [6.45, 7) is 6.21. The molecule has 0 aromatic rings. The first kappa shape index (κ1) is 13.1. The molecule has 2 heterocycles. The topological polar surface area (TPSA) is 28.4 Å². The van der Waals surface area contributed by atoms with E-state index < -0.39 is 12.2 Å². The maximum absolute atomic E-state index is 13.0. The van der Waals surface area contributed by atoms with Crippen LogP contribution < -0.4 is 5.32 Å². The number of alkyl halides is 3. The van der Waals surface area contributed by atoms with Gasteiger partial charge < -0.3 is 10.2 Å². The standard InChI is InChI=1S/C11H20F3N3/c1-2-16-4-3-5-17(7-6-16)10(9-8-15-9)11(12,13)14/h9-10,15H,2-8H2,1H3. The van der Waals surface area contributed by atoms with Crippen molar-refractivity contribution >= 4 is 0 Å². The summed E-state index contributed by atoms with van der Waals surface area (Å²) < 4.78 is 39.0. The number of hydrogen-bond acceptors (Lipinski definition) is 3. The Bertz CT molecular complexity index is 253. The van der Waals surface area contributed by atoms with Crippen LogP contribution in [-0.2, 0) is 0 Å². The third-order valence-electron chi connectivity index (χ3n) is 3.62. The van der Waals surface area contributed by atoms with E-state index in [4.69, 9.17) is 0 Å². The molecule has 0 aliphatic carbocycles. The molecule has 0 spiro atoms. The molecule has 0 saturated carbocycles. The van der Waals surface area contributed by atoms with Crippen LogP contribution in [0.15, 0.2) is 0 Å². The van der Waals surface area contributed by atoms with E-state index in [9.17, 15) is 13.2 Å². The van der Waals surface area contributed by atoms with Gasteiger partial charge in [-0.1, -0.05) is 6.92 Å². The molecule has 17 heavy (non-hydrogen) atoms. The maximum Gasteiger partial charge on any atom is 0.405 e. The van der Waals surface area contributed by atoms with Crippen LogP contribution in [0.3, 0.4) is 0 Å². The lowest BCUT2D eigenvalue weighted by Gasteiger charge is -2.31. The van der Waals surface area contributed by atoms with Crippen molar-refractivity contribution in [2.24, 2.45) is 0 Å². The first-order chi connectivity index (χ1) is 8.02. The van der Waals surface area contributed by atoms with Gasteiger partial charge in [0.25, 0.3) is 0 Å². The number of nitrogens with zero attached hydrogens (tertiary/aromatic N) is 2. The predicted octanol–water partition coefficient (Wildman–Crippen LogP) is 0.917. The Morgan fingerprint density at radius 3 is 2.47 bits per heavy atom. The minimum absolute atomic E-state index is 0.386. The van der Waals surface area contributed by atoms with E-state index >= 15 is 0 Å². The van der Waals surface area contributed by atoms with E-state index in [1.165, 1.54) is 0 Å². The van der Waals surface area contributed by atoms with Gasteiger partial charge in [-0.3, -0.25) is 4.90 Å². The van der Waals surface area contributed by atoms with Gasteiger partial charge >= 0.3 is 6.18 Å². The quantitative estimate of drug-likeness (QED) is 0.756. The summed E-state index contributed by atoms with van der Waals surface area (Å²) in [5, 5.41) is 2.81. The van der Waals surface area contributed by atoms with Crippen molar-refractivity contribution in [1.82, 2.24) is 15.1 Å². The van der Waals surface area contributed by atoms with Crippen molar-refractivity contribution in [2.45, 2.75) is 31.6 Å². The van der Waals surface area contributed by atoms with E-state index in [1.807, 2.05) is 0 Å². The Morgan fingerprint density at radius 2 is 1.94 bits per heavy atom. The highest BCUT2D eigenvalue weighted by molar-refractivity contribution is 5.00. The van der Waals surface area contributed by atoms with Crippen LogP contribution in [0.1, 0.15) is 13.3 Å². The van der Waals surface area contributed by atoms with Crippen LogP contribution in [0, 0.1) is 0 Å². The average molecular weight is 251 g/mol. The highest BCUT2D eigenvalue weighted by Crippen LogP contribution is 2.30. The predicted molar refractivity (Wildman–Crippen MR) is 59.9 cm³/mol. The number of rotatable bonds is 3. The second-order valence-corrected chi connectivity index (χ2v) is 4.82. The van der Waals surface area contributed by atoms with Crippen LogP contribution in [0.4, 0.5) is 13.2 Å². The molecule has 2 saturated heterocycles. The Hall–Kier alpha value is -0.330. The third kappa shape index (κ3) is 3.33. The molecule has 2 rings (SSSR count). The summed E-state index contributed by atoms with van der Waals surface area (Å²) in [7, 11) is 0. The molecule has 0 radical (unpaired) electrons. The summed E-state index contributed by atoms with van der Waals surface area (Å²) in [5.41, 5.74) is 0. The Kier molecular flexibility index (Phi) is 3.95. The lowest BCUT2D eigenvalue weighted by Crippen LogP contribution is -2.51. The fourth-order valence-electron chi connectivity index (χ4n) is 2.57. The fourth-order valence-corrected chi connectivity index (χ4v) is 2.57. The number of likely N-dealkylation sites (N-methyl/N-ethyl adjacent to an activating group) is 1. The highest BCUT2D eigenvalue weighted by Gasteiger charge is 2.51. The molecule has 0 aromatic heterocycles.